The van der Waals surface area contributed by atoms with Crippen LogP contribution < -0.4 is 0 Å². The highest BCUT2D eigenvalue weighted by Crippen LogP contribution is 2.19. The van der Waals surface area contributed by atoms with Gasteiger partial charge in [0, 0.05) is 72.5 Å². The highest BCUT2D eigenvalue weighted by atomic mass is 32.1. The Balaban J connectivity index is 2.86. The molecule has 0 spiro atoms. The minimum absolute atomic E-state index is 0.0142. The molecule has 3 nitrogen and oxygen atoms in total. The van der Waals surface area contributed by atoms with Crippen LogP contribution in [0.1, 0.15) is 41.5 Å². The monoisotopic (exact) mass is 391 g/mol. The summed E-state index contributed by atoms with van der Waals surface area (Å²) >= 11 is 14.1. The quantitative estimate of drug-likeness (QED) is 0.599. The van der Waals surface area contributed by atoms with Crippen molar-refractivity contribution in [1.82, 2.24) is 14.7 Å². The zero-order valence-electron chi connectivity index (χ0n) is 16.3. The summed E-state index contributed by atoms with van der Waals surface area (Å²) in [5.41, 5.74) is 0. The lowest BCUT2D eigenvalue weighted by atomic mass is 10.1. The van der Waals surface area contributed by atoms with Crippen molar-refractivity contribution in [2.45, 2.75) is 55.8 Å². The molecule has 0 saturated heterocycles. The van der Waals surface area contributed by atoms with Crippen molar-refractivity contribution in [3.8, 4) is 0 Å². The normalized spacial score (nSPS) is 20.5. The second-order valence-corrected chi connectivity index (χ2v) is 12.6. The van der Waals surface area contributed by atoms with E-state index in [-0.39, 0.29) is 14.2 Å². The van der Waals surface area contributed by atoms with E-state index < -0.39 is 0 Å². The summed E-state index contributed by atoms with van der Waals surface area (Å²) in [6.45, 7) is 20.0. The molecule has 0 amide bonds. The van der Waals surface area contributed by atoms with Gasteiger partial charge in [-0.05, 0) is 41.5 Å². The second kappa shape index (κ2) is 8.83. The van der Waals surface area contributed by atoms with Gasteiger partial charge in [0.1, 0.15) is 0 Å². The fraction of sp³-hybridized carbons (Fsp3) is 0.889. The van der Waals surface area contributed by atoms with Crippen molar-refractivity contribution >= 4 is 37.9 Å². The van der Waals surface area contributed by atoms with Gasteiger partial charge in [0.25, 0.3) is 0 Å². The molecule has 6 heteroatoms. The Labute approximate surface area is 166 Å². The Bertz CT molecular complexity index is 375. The molecule has 0 unspecified atom stereocenters. The van der Waals surface area contributed by atoms with Crippen LogP contribution in [0, 0.1) is 0 Å². The summed E-state index contributed by atoms with van der Waals surface area (Å²) in [5, 5.41) is 0. The largest absolute Gasteiger partial charge is 0.374 e. The second-order valence-electron chi connectivity index (χ2n) is 8.95. The van der Waals surface area contributed by atoms with E-state index in [1.54, 1.807) is 0 Å². The van der Waals surface area contributed by atoms with Crippen LogP contribution in [0.4, 0.5) is 0 Å². The number of thiol groups is 3. The molecule has 0 radical (unpaired) electrons. The van der Waals surface area contributed by atoms with Gasteiger partial charge < -0.3 is 9.80 Å². The number of hydrogen-bond acceptors (Lipinski definition) is 6. The first kappa shape index (κ1) is 22.4. The fourth-order valence-corrected chi connectivity index (χ4v) is 3.52. The Morgan fingerprint density at radius 3 is 1.25 bits per heavy atom. The summed E-state index contributed by atoms with van der Waals surface area (Å²) < 4.78 is -0.0118. The molecule has 1 aliphatic rings. The topological polar surface area (TPSA) is 9.72 Å². The van der Waals surface area contributed by atoms with Gasteiger partial charge in [0.2, 0.25) is 0 Å². The smallest absolute Gasteiger partial charge is 0.0313 e. The van der Waals surface area contributed by atoms with Gasteiger partial charge in [0.05, 0.1) is 0 Å². The molecule has 24 heavy (non-hydrogen) atoms. The molecule has 0 aliphatic carbocycles. The zero-order chi connectivity index (χ0) is 18.6. The summed E-state index contributed by atoms with van der Waals surface area (Å²) in [6, 6.07) is 0. The van der Waals surface area contributed by atoms with Crippen molar-refractivity contribution in [3.63, 3.8) is 0 Å². The van der Waals surface area contributed by atoms with Crippen LogP contribution in [0.15, 0.2) is 12.4 Å². The van der Waals surface area contributed by atoms with Crippen LogP contribution in [-0.4, -0.2) is 74.8 Å². The van der Waals surface area contributed by atoms with Gasteiger partial charge in [-0.15, -0.1) is 0 Å². The maximum Gasteiger partial charge on any atom is 0.0313 e. The Hall–Kier alpha value is 0.350. The molecule has 0 atom stereocenters. The predicted octanol–water partition coefficient (Wildman–Crippen LogP) is 3.50. The van der Waals surface area contributed by atoms with Crippen molar-refractivity contribution in [2.75, 3.05) is 45.8 Å². The summed E-state index contributed by atoms with van der Waals surface area (Å²) in [7, 11) is 0. The molecule has 0 aromatic heterocycles. The van der Waals surface area contributed by atoms with Crippen molar-refractivity contribution in [1.29, 1.82) is 0 Å². The minimum atomic E-state index is -0.0142. The van der Waals surface area contributed by atoms with E-state index in [2.05, 4.69) is 68.6 Å². The van der Waals surface area contributed by atoms with E-state index >= 15 is 0 Å². The highest BCUT2D eigenvalue weighted by molar-refractivity contribution is 7.82. The maximum atomic E-state index is 4.73. The lowest BCUT2D eigenvalue weighted by molar-refractivity contribution is 0.209. The average molecular weight is 392 g/mol. The fourth-order valence-electron chi connectivity index (χ4n) is 2.95. The molecule has 0 aromatic rings. The van der Waals surface area contributed by atoms with Gasteiger partial charge in [0.15, 0.2) is 0 Å². The first-order valence-electron chi connectivity index (χ1n) is 8.79. The first-order valence-corrected chi connectivity index (χ1v) is 10.1. The third-order valence-electron chi connectivity index (χ3n) is 3.69. The summed E-state index contributed by atoms with van der Waals surface area (Å²) in [5.74, 6) is 0. The first-order chi connectivity index (χ1) is 10.7. The van der Waals surface area contributed by atoms with Gasteiger partial charge in [-0.25, -0.2) is 0 Å². The van der Waals surface area contributed by atoms with Gasteiger partial charge in [-0.3, -0.25) is 4.90 Å². The van der Waals surface area contributed by atoms with E-state index in [9.17, 15) is 0 Å². The Morgan fingerprint density at radius 2 is 0.958 bits per heavy atom. The van der Waals surface area contributed by atoms with E-state index in [0.29, 0.717) is 0 Å². The van der Waals surface area contributed by atoms with Crippen LogP contribution in [0.25, 0.3) is 0 Å². The third kappa shape index (κ3) is 11.1. The molecule has 0 fully saturated rings. The molecule has 1 rings (SSSR count). The average Bonchev–Trinajstić information content (AvgIpc) is 2.39. The van der Waals surface area contributed by atoms with Crippen molar-refractivity contribution in [3.05, 3.63) is 12.4 Å². The Morgan fingerprint density at radius 1 is 0.625 bits per heavy atom. The molecule has 1 aliphatic heterocycles. The number of nitrogens with zero attached hydrogens (tertiary/aromatic N) is 3. The summed E-state index contributed by atoms with van der Waals surface area (Å²) in [4.78, 5) is 7.29. The van der Waals surface area contributed by atoms with Crippen LogP contribution in [-0.2, 0) is 0 Å². The SMILES string of the molecule is CC(C)(S)CN1/C=C\N(CC(C)(C)S)CCN(CC(C)(C)S)CC1. The molecule has 0 N–H and O–H groups in total. The minimum Gasteiger partial charge on any atom is -0.374 e. The van der Waals surface area contributed by atoms with Gasteiger partial charge >= 0.3 is 0 Å². The van der Waals surface area contributed by atoms with Crippen LogP contribution in [0.2, 0.25) is 0 Å². The molecule has 0 aromatic carbocycles. The molecular formula is C18H37N3S3. The Kier molecular flexibility index (Phi) is 8.24. The van der Waals surface area contributed by atoms with Crippen LogP contribution >= 0.6 is 37.9 Å². The van der Waals surface area contributed by atoms with Crippen molar-refractivity contribution in [2.24, 2.45) is 0 Å². The van der Waals surface area contributed by atoms with Gasteiger partial charge in [-0.2, -0.15) is 37.9 Å². The maximum absolute atomic E-state index is 4.73. The van der Waals surface area contributed by atoms with Crippen LogP contribution in [0.5, 0.6) is 0 Å². The lowest BCUT2D eigenvalue weighted by Crippen LogP contribution is -2.43. The van der Waals surface area contributed by atoms with E-state index in [4.69, 9.17) is 37.9 Å². The van der Waals surface area contributed by atoms with E-state index in [1.165, 1.54) is 0 Å². The standard InChI is InChI=1S/C18H37N3S3/c1-16(2,22)13-19-7-9-20(14-17(3,4)23)11-12-21(10-8-19)15-18(5,6)24/h7,9,22-24H,8,10-15H2,1-6H3/b9-7-. The van der Waals surface area contributed by atoms with Crippen LogP contribution in [0.3, 0.4) is 0 Å². The molecular weight excluding hydrogens is 354 g/mol. The van der Waals surface area contributed by atoms with Crippen molar-refractivity contribution < 1.29 is 0 Å². The molecule has 142 valence electrons. The van der Waals surface area contributed by atoms with Gasteiger partial charge in [-0.1, -0.05) is 0 Å². The molecule has 0 saturated carbocycles. The number of rotatable bonds is 6. The molecule has 0 bridgehead atoms. The highest BCUT2D eigenvalue weighted by Gasteiger charge is 2.22. The predicted molar refractivity (Wildman–Crippen MR) is 118 cm³/mol. The lowest BCUT2D eigenvalue weighted by Gasteiger charge is -2.33. The number of hydrogen-bond donors (Lipinski definition) is 3. The zero-order valence-corrected chi connectivity index (χ0v) is 19.0. The molecule has 1 heterocycles. The van der Waals surface area contributed by atoms with E-state index in [0.717, 1.165) is 45.8 Å². The summed E-state index contributed by atoms with van der Waals surface area (Å²) in [6.07, 6.45) is 4.46. The van der Waals surface area contributed by atoms with E-state index in [1.807, 2.05) is 0 Å². The third-order valence-corrected chi connectivity index (χ3v) is 4.11.